The summed E-state index contributed by atoms with van der Waals surface area (Å²) < 4.78 is 11.6. The summed E-state index contributed by atoms with van der Waals surface area (Å²) in [5, 5.41) is 7.68. The predicted molar refractivity (Wildman–Crippen MR) is 68.1 cm³/mol. The number of carbonyl (C=O) groups excluding carboxylic acids is 1. The Hall–Kier alpha value is -2.37. The summed E-state index contributed by atoms with van der Waals surface area (Å²) in [6.07, 6.45) is 1.57. The molecule has 19 heavy (non-hydrogen) atoms. The molecule has 6 nitrogen and oxygen atoms in total. The van der Waals surface area contributed by atoms with Crippen molar-refractivity contribution in [2.24, 2.45) is 0 Å². The number of rotatable bonds is 5. The highest BCUT2D eigenvalue weighted by molar-refractivity contribution is 5.86. The van der Waals surface area contributed by atoms with E-state index in [1.807, 2.05) is 24.3 Å². The van der Waals surface area contributed by atoms with E-state index in [1.54, 1.807) is 24.9 Å². The van der Waals surface area contributed by atoms with Crippen LogP contribution >= 0.6 is 0 Å². The van der Waals surface area contributed by atoms with Gasteiger partial charge >= 0.3 is 5.97 Å². The van der Waals surface area contributed by atoms with Gasteiger partial charge in [0.15, 0.2) is 5.69 Å². The van der Waals surface area contributed by atoms with E-state index in [-0.39, 0.29) is 5.69 Å². The summed E-state index contributed by atoms with van der Waals surface area (Å²) in [5.41, 5.74) is 1.23. The zero-order valence-corrected chi connectivity index (χ0v) is 10.9. The first-order valence-electron chi connectivity index (χ1n) is 5.93. The monoisotopic (exact) mass is 261 g/mol. The van der Waals surface area contributed by atoms with Gasteiger partial charge in [-0.3, -0.25) is 0 Å². The van der Waals surface area contributed by atoms with E-state index in [0.717, 1.165) is 11.3 Å². The van der Waals surface area contributed by atoms with Crippen molar-refractivity contribution in [3.05, 3.63) is 41.7 Å². The molecule has 0 aliphatic rings. The maximum atomic E-state index is 11.5. The lowest BCUT2D eigenvalue weighted by molar-refractivity contribution is 0.0519. The van der Waals surface area contributed by atoms with E-state index in [9.17, 15) is 4.79 Å². The molecule has 1 aromatic carbocycles. The normalized spacial score (nSPS) is 10.2. The number of aromatic nitrogens is 3. The molecule has 2 rings (SSSR count). The highest BCUT2D eigenvalue weighted by atomic mass is 16.5. The lowest BCUT2D eigenvalue weighted by atomic mass is 10.2. The molecular weight excluding hydrogens is 246 g/mol. The Morgan fingerprint density at radius 3 is 3.00 bits per heavy atom. The van der Waals surface area contributed by atoms with Crippen LogP contribution in [0.25, 0.3) is 0 Å². The van der Waals surface area contributed by atoms with Crippen LogP contribution in [-0.4, -0.2) is 34.7 Å². The Labute approximate surface area is 110 Å². The largest absolute Gasteiger partial charge is 0.497 e. The zero-order chi connectivity index (χ0) is 13.7. The molecule has 0 amide bonds. The van der Waals surface area contributed by atoms with Crippen molar-refractivity contribution in [2.75, 3.05) is 13.7 Å². The van der Waals surface area contributed by atoms with Crippen molar-refractivity contribution in [1.82, 2.24) is 15.0 Å². The van der Waals surface area contributed by atoms with Crippen molar-refractivity contribution in [1.29, 1.82) is 0 Å². The molecule has 0 aliphatic heterocycles. The molecule has 0 fully saturated rings. The number of benzene rings is 1. The van der Waals surface area contributed by atoms with Gasteiger partial charge in [-0.25, -0.2) is 9.48 Å². The highest BCUT2D eigenvalue weighted by Crippen LogP contribution is 2.13. The first-order valence-corrected chi connectivity index (χ1v) is 5.93. The van der Waals surface area contributed by atoms with Crippen molar-refractivity contribution in [2.45, 2.75) is 13.5 Å². The molecule has 0 saturated heterocycles. The molecule has 0 spiro atoms. The Morgan fingerprint density at radius 1 is 1.42 bits per heavy atom. The first kappa shape index (κ1) is 13.1. The molecule has 0 unspecified atom stereocenters. The van der Waals surface area contributed by atoms with Gasteiger partial charge in [0.05, 0.1) is 26.5 Å². The van der Waals surface area contributed by atoms with E-state index in [2.05, 4.69) is 10.3 Å². The maximum absolute atomic E-state index is 11.5. The van der Waals surface area contributed by atoms with Gasteiger partial charge in [-0.2, -0.15) is 0 Å². The summed E-state index contributed by atoms with van der Waals surface area (Å²) in [5.74, 6) is 0.322. The van der Waals surface area contributed by atoms with Gasteiger partial charge in [-0.05, 0) is 24.6 Å². The average molecular weight is 261 g/mol. The number of esters is 1. The van der Waals surface area contributed by atoms with E-state index in [1.165, 1.54) is 0 Å². The third kappa shape index (κ3) is 3.31. The number of methoxy groups -OCH3 is 1. The van der Waals surface area contributed by atoms with Crippen LogP contribution in [-0.2, 0) is 11.3 Å². The predicted octanol–water partition coefficient (Wildman–Crippen LogP) is 1.51. The first-order chi connectivity index (χ1) is 9.22. The molecular formula is C13H15N3O3. The standard InChI is InChI=1S/C13H15N3O3/c1-3-19-13(17)12-9-16(15-14-12)8-10-5-4-6-11(7-10)18-2/h4-7,9H,3,8H2,1-2H3. The lowest BCUT2D eigenvalue weighted by Gasteiger charge is -2.03. The van der Waals surface area contributed by atoms with Crippen molar-refractivity contribution in [3.8, 4) is 5.75 Å². The summed E-state index contributed by atoms with van der Waals surface area (Å²) >= 11 is 0. The molecule has 0 radical (unpaired) electrons. The summed E-state index contributed by atoms with van der Waals surface area (Å²) in [6, 6.07) is 7.63. The van der Waals surface area contributed by atoms with Crippen LogP contribution in [0, 0.1) is 0 Å². The second kappa shape index (κ2) is 5.99. The minimum Gasteiger partial charge on any atom is -0.497 e. The Morgan fingerprint density at radius 2 is 2.26 bits per heavy atom. The quantitative estimate of drug-likeness (QED) is 0.763. The van der Waals surface area contributed by atoms with Crippen LogP contribution in [0.4, 0.5) is 0 Å². The maximum Gasteiger partial charge on any atom is 0.360 e. The second-order valence-electron chi connectivity index (χ2n) is 3.87. The minimum atomic E-state index is -0.459. The smallest absolute Gasteiger partial charge is 0.360 e. The number of carbonyl (C=O) groups is 1. The topological polar surface area (TPSA) is 66.2 Å². The van der Waals surface area contributed by atoms with Gasteiger partial charge in [0.25, 0.3) is 0 Å². The average Bonchev–Trinajstić information content (AvgIpc) is 2.88. The fraction of sp³-hybridized carbons (Fsp3) is 0.308. The molecule has 0 bridgehead atoms. The third-order valence-corrected chi connectivity index (χ3v) is 2.50. The molecule has 0 aliphatic carbocycles. The van der Waals surface area contributed by atoms with Crippen LogP contribution < -0.4 is 4.74 Å². The summed E-state index contributed by atoms with van der Waals surface area (Å²) in [4.78, 5) is 11.5. The van der Waals surface area contributed by atoms with Gasteiger partial charge in [0, 0.05) is 0 Å². The fourth-order valence-corrected chi connectivity index (χ4v) is 1.63. The Balaban J connectivity index is 2.09. The Bertz CT molecular complexity index is 566. The molecule has 2 aromatic rings. The zero-order valence-electron chi connectivity index (χ0n) is 10.9. The van der Waals surface area contributed by atoms with Crippen molar-refractivity contribution < 1.29 is 14.3 Å². The summed E-state index contributed by atoms with van der Waals surface area (Å²) in [7, 11) is 1.62. The van der Waals surface area contributed by atoms with Gasteiger partial charge in [-0.1, -0.05) is 17.3 Å². The van der Waals surface area contributed by atoms with E-state index < -0.39 is 5.97 Å². The molecule has 6 heteroatoms. The van der Waals surface area contributed by atoms with Crippen molar-refractivity contribution >= 4 is 5.97 Å². The van der Waals surface area contributed by atoms with Gasteiger partial charge < -0.3 is 9.47 Å². The van der Waals surface area contributed by atoms with E-state index >= 15 is 0 Å². The summed E-state index contributed by atoms with van der Waals surface area (Å²) in [6.45, 7) is 2.59. The van der Waals surface area contributed by atoms with E-state index in [0.29, 0.717) is 13.2 Å². The van der Waals surface area contributed by atoms with Crippen LogP contribution in [0.2, 0.25) is 0 Å². The molecule has 0 N–H and O–H groups in total. The molecule has 0 saturated carbocycles. The number of ether oxygens (including phenoxy) is 2. The SMILES string of the molecule is CCOC(=O)c1cn(Cc2cccc(OC)c2)nn1. The van der Waals surface area contributed by atoms with Gasteiger partial charge in [0.1, 0.15) is 5.75 Å². The molecule has 1 aromatic heterocycles. The van der Waals surface area contributed by atoms with Crippen LogP contribution in [0.5, 0.6) is 5.75 Å². The molecule has 100 valence electrons. The Kier molecular flexibility index (Phi) is 4.12. The van der Waals surface area contributed by atoms with Crippen LogP contribution in [0.15, 0.2) is 30.5 Å². The molecule has 1 heterocycles. The van der Waals surface area contributed by atoms with Gasteiger partial charge in [0.2, 0.25) is 0 Å². The van der Waals surface area contributed by atoms with E-state index in [4.69, 9.17) is 9.47 Å². The fourth-order valence-electron chi connectivity index (χ4n) is 1.63. The molecule has 0 atom stereocenters. The van der Waals surface area contributed by atoms with Crippen LogP contribution in [0.3, 0.4) is 0 Å². The number of hydrogen-bond acceptors (Lipinski definition) is 5. The minimum absolute atomic E-state index is 0.213. The second-order valence-corrected chi connectivity index (χ2v) is 3.87. The van der Waals surface area contributed by atoms with Crippen molar-refractivity contribution in [3.63, 3.8) is 0 Å². The van der Waals surface area contributed by atoms with Crippen LogP contribution in [0.1, 0.15) is 23.0 Å². The lowest BCUT2D eigenvalue weighted by Crippen LogP contribution is -2.05. The van der Waals surface area contributed by atoms with Gasteiger partial charge in [-0.15, -0.1) is 5.10 Å². The number of hydrogen-bond donors (Lipinski definition) is 0. The highest BCUT2D eigenvalue weighted by Gasteiger charge is 2.11. The number of nitrogens with zero attached hydrogens (tertiary/aromatic N) is 3. The third-order valence-electron chi connectivity index (χ3n) is 2.50.